The third-order valence-corrected chi connectivity index (χ3v) is 2.63. The highest BCUT2D eigenvalue weighted by molar-refractivity contribution is 5.94. The van der Waals surface area contributed by atoms with E-state index in [0.717, 1.165) is 24.9 Å². The summed E-state index contributed by atoms with van der Waals surface area (Å²) in [5.74, 6) is 0.0545. The molecule has 1 aromatic carbocycles. The van der Waals surface area contributed by atoms with Gasteiger partial charge in [0, 0.05) is 18.2 Å². The summed E-state index contributed by atoms with van der Waals surface area (Å²) in [5.41, 5.74) is 1.99. The normalized spacial score (nSPS) is 15.2. The maximum atomic E-state index is 11.7. The van der Waals surface area contributed by atoms with Crippen molar-refractivity contribution in [3.63, 3.8) is 0 Å². The SMILES string of the molecule is CN(C)Cc1ccc(C(=O)NC2CC2)cc1. The maximum absolute atomic E-state index is 11.7. The fraction of sp³-hybridized carbons (Fsp3) is 0.462. The van der Waals surface area contributed by atoms with Gasteiger partial charge in [-0.2, -0.15) is 0 Å². The van der Waals surface area contributed by atoms with Gasteiger partial charge in [-0.05, 0) is 44.6 Å². The van der Waals surface area contributed by atoms with Gasteiger partial charge in [-0.1, -0.05) is 12.1 Å². The highest BCUT2D eigenvalue weighted by atomic mass is 16.1. The van der Waals surface area contributed by atoms with E-state index in [-0.39, 0.29) is 5.91 Å². The molecule has 1 aliphatic carbocycles. The van der Waals surface area contributed by atoms with Crippen LogP contribution in [-0.4, -0.2) is 30.9 Å². The van der Waals surface area contributed by atoms with E-state index in [1.807, 2.05) is 38.4 Å². The zero-order valence-corrected chi connectivity index (χ0v) is 9.86. The van der Waals surface area contributed by atoms with E-state index >= 15 is 0 Å². The van der Waals surface area contributed by atoms with Gasteiger partial charge in [-0.3, -0.25) is 4.79 Å². The molecule has 0 bridgehead atoms. The number of carbonyl (C=O) groups is 1. The Bertz CT molecular complexity index is 366. The van der Waals surface area contributed by atoms with Gasteiger partial charge in [-0.15, -0.1) is 0 Å². The van der Waals surface area contributed by atoms with Crippen molar-refractivity contribution in [1.82, 2.24) is 10.2 Å². The lowest BCUT2D eigenvalue weighted by molar-refractivity contribution is 0.0951. The molecule has 1 fully saturated rings. The van der Waals surface area contributed by atoms with Crippen molar-refractivity contribution in [2.45, 2.75) is 25.4 Å². The number of amides is 1. The highest BCUT2D eigenvalue weighted by Crippen LogP contribution is 2.19. The highest BCUT2D eigenvalue weighted by Gasteiger charge is 2.23. The minimum atomic E-state index is 0.0545. The van der Waals surface area contributed by atoms with Crippen molar-refractivity contribution in [3.8, 4) is 0 Å². The van der Waals surface area contributed by atoms with E-state index in [1.165, 1.54) is 5.56 Å². The van der Waals surface area contributed by atoms with Crippen molar-refractivity contribution in [2.24, 2.45) is 0 Å². The summed E-state index contributed by atoms with van der Waals surface area (Å²) in [5, 5.41) is 2.98. The second kappa shape index (κ2) is 4.66. The molecule has 1 amide bonds. The standard InChI is InChI=1S/C13H18N2O/c1-15(2)9-10-3-5-11(6-4-10)13(16)14-12-7-8-12/h3-6,12H,7-9H2,1-2H3,(H,14,16). The van der Waals surface area contributed by atoms with Gasteiger partial charge in [0.2, 0.25) is 0 Å². The van der Waals surface area contributed by atoms with E-state index in [0.29, 0.717) is 6.04 Å². The van der Waals surface area contributed by atoms with Crippen LogP contribution in [0.5, 0.6) is 0 Å². The molecule has 2 rings (SSSR count). The predicted molar refractivity (Wildman–Crippen MR) is 64.3 cm³/mol. The summed E-state index contributed by atoms with van der Waals surface area (Å²) < 4.78 is 0. The van der Waals surface area contributed by atoms with Crippen molar-refractivity contribution < 1.29 is 4.79 Å². The molecule has 0 aromatic heterocycles. The van der Waals surface area contributed by atoms with Crippen LogP contribution in [0.25, 0.3) is 0 Å². The monoisotopic (exact) mass is 218 g/mol. The second-order valence-corrected chi connectivity index (χ2v) is 4.68. The van der Waals surface area contributed by atoms with E-state index in [9.17, 15) is 4.79 Å². The molecule has 16 heavy (non-hydrogen) atoms. The van der Waals surface area contributed by atoms with Gasteiger partial charge < -0.3 is 10.2 Å². The molecule has 1 saturated carbocycles. The van der Waals surface area contributed by atoms with Crippen LogP contribution in [-0.2, 0) is 6.54 Å². The first kappa shape index (κ1) is 11.1. The lowest BCUT2D eigenvalue weighted by atomic mass is 10.1. The minimum absolute atomic E-state index is 0.0545. The number of carbonyl (C=O) groups excluding carboxylic acids is 1. The van der Waals surface area contributed by atoms with Gasteiger partial charge in [0.05, 0.1) is 0 Å². The van der Waals surface area contributed by atoms with E-state index in [4.69, 9.17) is 0 Å². The summed E-state index contributed by atoms with van der Waals surface area (Å²) in [7, 11) is 4.07. The number of rotatable bonds is 4. The first-order valence-corrected chi connectivity index (χ1v) is 5.69. The molecule has 3 nitrogen and oxygen atoms in total. The van der Waals surface area contributed by atoms with Crippen LogP contribution in [0.15, 0.2) is 24.3 Å². The smallest absolute Gasteiger partial charge is 0.251 e. The average Bonchev–Trinajstić information content (AvgIpc) is 3.01. The van der Waals surface area contributed by atoms with Crippen LogP contribution in [0.3, 0.4) is 0 Å². The Balaban J connectivity index is 1.97. The summed E-state index contributed by atoms with van der Waals surface area (Å²) in [6.07, 6.45) is 2.26. The van der Waals surface area contributed by atoms with Crippen LogP contribution in [0.2, 0.25) is 0 Å². The number of benzene rings is 1. The summed E-state index contributed by atoms with van der Waals surface area (Å²) in [6, 6.07) is 8.26. The molecule has 1 aliphatic rings. The molecule has 1 N–H and O–H groups in total. The molecule has 0 unspecified atom stereocenters. The first-order chi connectivity index (χ1) is 7.65. The van der Waals surface area contributed by atoms with Crippen molar-refractivity contribution in [3.05, 3.63) is 35.4 Å². The van der Waals surface area contributed by atoms with Gasteiger partial charge in [0.15, 0.2) is 0 Å². The number of nitrogens with zero attached hydrogens (tertiary/aromatic N) is 1. The zero-order valence-electron chi connectivity index (χ0n) is 9.86. The Labute approximate surface area is 96.5 Å². The fourth-order valence-electron chi connectivity index (χ4n) is 1.62. The van der Waals surface area contributed by atoms with Crippen LogP contribution in [0, 0.1) is 0 Å². The van der Waals surface area contributed by atoms with Crippen LogP contribution < -0.4 is 5.32 Å². The summed E-state index contributed by atoms with van der Waals surface area (Å²) in [4.78, 5) is 13.8. The molecule has 0 aliphatic heterocycles. The van der Waals surface area contributed by atoms with Gasteiger partial charge >= 0.3 is 0 Å². The van der Waals surface area contributed by atoms with Gasteiger partial charge in [0.1, 0.15) is 0 Å². The Hall–Kier alpha value is -1.35. The Kier molecular flexibility index (Phi) is 3.25. The summed E-state index contributed by atoms with van der Waals surface area (Å²) >= 11 is 0. The predicted octanol–water partition coefficient (Wildman–Crippen LogP) is 1.64. The molecule has 0 saturated heterocycles. The molecule has 0 radical (unpaired) electrons. The number of nitrogens with one attached hydrogen (secondary N) is 1. The van der Waals surface area contributed by atoms with Crippen molar-refractivity contribution >= 4 is 5.91 Å². The molecule has 86 valence electrons. The third-order valence-electron chi connectivity index (χ3n) is 2.63. The molecular formula is C13H18N2O. The summed E-state index contributed by atoms with van der Waals surface area (Å²) in [6.45, 7) is 0.907. The lowest BCUT2D eigenvalue weighted by Gasteiger charge is -2.10. The zero-order chi connectivity index (χ0) is 11.5. The Morgan fingerprint density at radius 2 is 1.94 bits per heavy atom. The molecule has 3 heteroatoms. The molecule has 0 heterocycles. The molecule has 1 aromatic rings. The lowest BCUT2D eigenvalue weighted by Crippen LogP contribution is -2.25. The Morgan fingerprint density at radius 3 is 2.44 bits per heavy atom. The Morgan fingerprint density at radius 1 is 1.31 bits per heavy atom. The van der Waals surface area contributed by atoms with Crippen LogP contribution in [0.4, 0.5) is 0 Å². The average molecular weight is 218 g/mol. The molecule has 0 atom stereocenters. The second-order valence-electron chi connectivity index (χ2n) is 4.68. The number of hydrogen-bond donors (Lipinski definition) is 1. The fourth-order valence-corrected chi connectivity index (χ4v) is 1.62. The van der Waals surface area contributed by atoms with Crippen LogP contribution >= 0.6 is 0 Å². The van der Waals surface area contributed by atoms with Gasteiger partial charge in [0.25, 0.3) is 5.91 Å². The maximum Gasteiger partial charge on any atom is 0.251 e. The minimum Gasteiger partial charge on any atom is -0.349 e. The third kappa shape index (κ3) is 3.07. The van der Waals surface area contributed by atoms with E-state index in [1.54, 1.807) is 0 Å². The first-order valence-electron chi connectivity index (χ1n) is 5.69. The number of hydrogen-bond acceptors (Lipinski definition) is 2. The quantitative estimate of drug-likeness (QED) is 0.833. The van der Waals surface area contributed by atoms with E-state index in [2.05, 4.69) is 10.2 Å². The molecular weight excluding hydrogens is 200 g/mol. The van der Waals surface area contributed by atoms with Crippen LogP contribution in [0.1, 0.15) is 28.8 Å². The largest absolute Gasteiger partial charge is 0.349 e. The van der Waals surface area contributed by atoms with Gasteiger partial charge in [-0.25, -0.2) is 0 Å². The van der Waals surface area contributed by atoms with E-state index < -0.39 is 0 Å². The van der Waals surface area contributed by atoms with Crippen molar-refractivity contribution in [1.29, 1.82) is 0 Å². The topological polar surface area (TPSA) is 32.3 Å². The van der Waals surface area contributed by atoms with Crippen molar-refractivity contribution in [2.75, 3.05) is 14.1 Å². The molecule has 0 spiro atoms.